The van der Waals surface area contributed by atoms with Crippen molar-refractivity contribution in [2.24, 2.45) is 5.14 Å². The lowest BCUT2D eigenvalue weighted by molar-refractivity contribution is 0.597. The van der Waals surface area contributed by atoms with Gasteiger partial charge in [0.15, 0.2) is 0 Å². The zero-order chi connectivity index (χ0) is 13.9. The van der Waals surface area contributed by atoms with Crippen molar-refractivity contribution >= 4 is 15.7 Å². The number of rotatable bonds is 5. The third-order valence-electron chi connectivity index (χ3n) is 3.44. The summed E-state index contributed by atoms with van der Waals surface area (Å²) < 4.78 is 22.5. The molecule has 1 saturated heterocycles. The quantitative estimate of drug-likeness (QED) is 0.842. The summed E-state index contributed by atoms with van der Waals surface area (Å²) in [5.41, 5.74) is 1.06. The molecule has 0 aromatic heterocycles. The molecule has 0 saturated carbocycles. The Labute approximate surface area is 114 Å². The predicted octanol–water partition coefficient (Wildman–Crippen LogP) is 0.912. The van der Waals surface area contributed by atoms with Crippen LogP contribution >= 0.6 is 0 Å². The van der Waals surface area contributed by atoms with Gasteiger partial charge in [0.05, 0.1) is 4.90 Å². The molecule has 5 nitrogen and oxygen atoms in total. The van der Waals surface area contributed by atoms with Crippen LogP contribution in [0.4, 0.5) is 5.69 Å². The smallest absolute Gasteiger partial charge is 0.238 e. The van der Waals surface area contributed by atoms with Crippen molar-refractivity contribution in [2.75, 3.05) is 24.5 Å². The van der Waals surface area contributed by atoms with Crippen LogP contribution < -0.4 is 15.4 Å². The van der Waals surface area contributed by atoms with Gasteiger partial charge in [0.2, 0.25) is 10.0 Å². The second-order valence-corrected chi connectivity index (χ2v) is 6.44. The second-order valence-electron chi connectivity index (χ2n) is 4.88. The molecule has 1 heterocycles. The fourth-order valence-corrected chi connectivity index (χ4v) is 3.01. The SMILES string of the molecule is CCCN(c1ccc(S(N)(=O)=O)cc1)C1CCNC1. The van der Waals surface area contributed by atoms with Crippen molar-refractivity contribution in [1.29, 1.82) is 0 Å². The molecule has 1 atom stereocenters. The molecule has 1 aliphatic rings. The molecule has 0 bridgehead atoms. The fraction of sp³-hybridized carbons (Fsp3) is 0.538. The predicted molar refractivity (Wildman–Crippen MR) is 76.7 cm³/mol. The minimum Gasteiger partial charge on any atom is -0.367 e. The first-order chi connectivity index (χ1) is 9.02. The summed E-state index contributed by atoms with van der Waals surface area (Å²) in [7, 11) is -3.61. The summed E-state index contributed by atoms with van der Waals surface area (Å²) in [6.45, 7) is 5.15. The maximum Gasteiger partial charge on any atom is 0.238 e. The fourth-order valence-electron chi connectivity index (χ4n) is 2.50. The summed E-state index contributed by atoms with van der Waals surface area (Å²) in [6, 6.07) is 7.33. The number of nitrogens with two attached hydrogens (primary N) is 1. The van der Waals surface area contributed by atoms with E-state index in [4.69, 9.17) is 5.14 Å². The van der Waals surface area contributed by atoms with Gasteiger partial charge in [-0.25, -0.2) is 13.6 Å². The van der Waals surface area contributed by atoms with E-state index in [1.54, 1.807) is 12.1 Å². The highest BCUT2D eigenvalue weighted by Crippen LogP contribution is 2.22. The Balaban J connectivity index is 2.22. The first-order valence-electron chi connectivity index (χ1n) is 6.62. The Bertz CT molecular complexity index is 507. The third-order valence-corrected chi connectivity index (χ3v) is 4.37. The van der Waals surface area contributed by atoms with E-state index >= 15 is 0 Å². The van der Waals surface area contributed by atoms with Crippen LogP contribution in [-0.4, -0.2) is 34.1 Å². The lowest BCUT2D eigenvalue weighted by Gasteiger charge is -2.30. The van der Waals surface area contributed by atoms with E-state index in [1.165, 1.54) is 0 Å². The van der Waals surface area contributed by atoms with Crippen molar-refractivity contribution in [3.8, 4) is 0 Å². The summed E-state index contributed by atoms with van der Waals surface area (Å²) >= 11 is 0. The zero-order valence-corrected chi connectivity index (χ0v) is 12.0. The molecular formula is C13H21N3O2S. The molecule has 6 heteroatoms. The van der Waals surface area contributed by atoms with Gasteiger partial charge in [-0.3, -0.25) is 0 Å². The van der Waals surface area contributed by atoms with Crippen LogP contribution in [0.2, 0.25) is 0 Å². The van der Waals surface area contributed by atoms with E-state index in [-0.39, 0.29) is 4.90 Å². The van der Waals surface area contributed by atoms with Crippen LogP contribution in [0.25, 0.3) is 0 Å². The van der Waals surface area contributed by atoms with Gasteiger partial charge >= 0.3 is 0 Å². The summed E-state index contributed by atoms with van der Waals surface area (Å²) in [5.74, 6) is 0. The van der Waals surface area contributed by atoms with Crippen molar-refractivity contribution < 1.29 is 8.42 Å². The number of sulfonamides is 1. The van der Waals surface area contributed by atoms with Crippen molar-refractivity contribution in [1.82, 2.24) is 5.32 Å². The van der Waals surface area contributed by atoms with Gasteiger partial charge in [0, 0.05) is 24.8 Å². The molecule has 106 valence electrons. The largest absolute Gasteiger partial charge is 0.367 e. The van der Waals surface area contributed by atoms with Gasteiger partial charge in [0.1, 0.15) is 0 Å². The summed E-state index contributed by atoms with van der Waals surface area (Å²) in [5, 5.41) is 8.47. The molecule has 0 spiro atoms. The number of nitrogens with zero attached hydrogens (tertiary/aromatic N) is 1. The molecule has 1 aliphatic heterocycles. The van der Waals surface area contributed by atoms with Crippen molar-refractivity contribution in [2.45, 2.75) is 30.7 Å². The van der Waals surface area contributed by atoms with E-state index in [0.717, 1.165) is 38.2 Å². The van der Waals surface area contributed by atoms with Gasteiger partial charge in [0.25, 0.3) is 0 Å². The lowest BCUT2D eigenvalue weighted by Crippen LogP contribution is -2.37. The Kier molecular flexibility index (Phi) is 4.44. The number of hydrogen-bond donors (Lipinski definition) is 2. The number of nitrogens with one attached hydrogen (secondary N) is 1. The zero-order valence-electron chi connectivity index (χ0n) is 11.2. The average molecular weight is 283 g/mol. The first kappa shape index (κ1) is 14.3. The number of benzene rings is 1. The van der Waals surface area contributed by atoms with Crippen LogP contribution in [0.5, 0.6) is 0 Å². The first-order valence-corrected chi connectivity index (χ1v) is 8.17. The molecule has 0 amide bonds. The molecule has 1 aromatic carbocycles. The molecule has 2 rings (SSSR count). The van der Waals surface area contributed by atoms with Crippen LogP contribution in [0, 0.1) is 0 Å². The number of hydrogen-bond acceptors (Lipinski definition) is 4. The van der Waals surface area contributed by atoms with E-state index in [1.807, 2.05) is 12.1 Å². The van der Waals surface area contributed by atoms with Gasteiger partial charge in [-0.1, -0.05) is 6.92 Å². The molecule has 0 aliphatic carbocycles. The Morgan fingerprint density at radius 1 is 1.37 bits per heavy atom. The third kappa shape index (κ3) is 3.46. The standard InChI is InChI=1S/C13H21N3O2S/c1-2-9-16(12-7-8-15-10-12)11-3-5-13(6-4-11)19(14,17)18/h3-6,12,15H,2,7-10H2,1H3,(H2,14,17,18). The maximum absolute atomic E-state index is 11.3. The minimum atomic E-state index is -3.61. The van der Waals surface area contributed by atoms with E-state index in [0.29, 0.717) is 6.04 Å². The van der Waals surface area contributed by atoms with Crippen LogP contribution in [0.3, 0.4) is 0 Å². The molecule has 1 aromatic rings. The van der Waals surface area contributed by atoms with Crippen LogP contribution in [0.1, 0.15) is 19.8 Å². The molecule has 1 unspecified atom stereocenters. The lowest BCUT2D eigenvalue weighted by atomic mass is 10.1. The maximum atomic E-state index is 11.3. The van der Waals surface area contributed by atoms with Gasteiger partial charge in [-0.2, -0.15) is 0 Å². The molecule has 1 fully saturated rings. The summed E-state index contributed by atoms with van der Waals surface area (Å²) in [6.07, 6.45) is 2.18. The van der Waals surface area contributed by atoms with E-state index < -0.39 is 10.0 Å². The topological polar surface area (TPSA) is 75.4 Å². The number of primary sulfonamides is 1. The summed E-state index contributed by atoms with van der Waals surface area (Å²) in [4.78, 5) is 2.50. The van der Waals surface area contributed by atoms with Gasteiger partial charge in [-0.05, 0) is 43.7 Å². The van der Waals surface area contributed by atoms with E-state index in [9.17, 15) is 8.42 Å². The normalized spacial score (nSPS) is 19.6. The van der Waals surface area contributed by atoms with Crippen molar-refractivity contribution in [3.05, 3.63) is 24.3 Å². The molecule has 3 N–H and O–H groups in total. The van der Waals surface area contributed by atoms with Gasteiger partial charge < -0.3 is 10.2 Å². The Hall–Kier alpha value is -1.11. The monoisotopic (exact) mass is 283 g/mol. The second kappa shape index (κ2) is 5.90. The molecular weight excluding hydrogens is 262 g/mol. The minimum absolute atomic E-state index is 0.164. The number of anilines is 1. The molecule has 19 heavy (non-hydrogen) atoms. The van der Waals surface area contributed by atoms with Crippen LogP contribution in [-0.2, 0) is 10.0 Å². The Morgan fingerprint density at radius 3 is 2.53 bits per heavy atom. The van der Waals surface area contributed by atoms with Crippen LogP contribution in [0.15, 0.2) is 29.2 Å². The highest BCUT2D eigenvalue weighted by atomic mass is 32.2. The molecule has 0 radical (unpaired) electrons. The highest BCUT2D eigenvalue weighted by Gasteiger charge is 2.22. The highest BCUT2D eigenvalue weighted by molar-refractivity contribution is 7.89. The Morgan fingerprint density at radius 2 is 2.05 bits per heavy atom. The van der Waals surface area contributed by atoms with Crippen molar-refractivity contribution in [3.63, 3.8) is 0 Å². The average Bonchev–Trinajstić information content (AvgIpc) is 2.89. The van der Waals surface area contributed by atoms with Gasteiger partial charge in [-0.15, -0.1) is 0 Å². The van der Waals surface area contributed by atoms with E-state index in [2.05, 4.69) is 17.1 Å².